The van der Waals surface area contributed by atoms with Crippen LogP contribution in [-0.2, 0) is 14.3 Å². The van der Waals surface area contributed by atoms with Crippen LogP contribution in [0.25, 0.3) is 0 Å². The molecule has 4 unspecified atom stereocenters. The molecule has 1 aliphatic rings. The Morgan fingerprint density at radius 1 is 1.00 bits per heavy atom. The van der Waals surface area contributed by atoms with E-state index in [2.05, 4.69) is 34.6 Å². The first-order valence-electron chi connectivity index (χ1n) is 10.1. The first-order valence-corrected chi connectivity index (χ1v) is 10.1. The fourth-order valence-corrected chi connectivity index (χ4v) is 4.47. The van der Waals surface area contributed by atoms with Crippen LogP contribution in [0.4, 0.5) is 0 Å². The number of carbonyl (C=O) groups is 2. The van der Waals surface area contributed by atoms with Gasteiger partial charge in [-0.2, -0.15) is 0 Å². The quantitative estimate of drug-likeness (QED) is 0.252. The highest BCUT2D eigenvalue weighted by atomic mass is 16.6. The van der Waals surface area contributed by atoms with E-state index < -0.39 is 0 Å². The second kappa shape index (κ2) is 10.2. The van der Waals surface area contributed by atoms with E-state index in [-0.39, 0.29) is 29.7 Å². The smallest absolute Gasteiger partial charge is 0.317 e. The lowest BCUT2D eigenvalue weighted by Gasteiger charge is -2.37. The topological polar surface area (TPSA) is 43.4 Å². The minimum atomic E-state index is -0.337. The maximum absolute atomic E-state index is 12.2. The van der Waals surface area contributed by atoms with Gasteiger partial charge in [-0.05, 0) is 30.1 Å². The van der Waals surface area contributed by atoms with Crippen LogP contribution >= 0.6 is 0 Å². The van der Waals surface area contributed by atoms with Gasteiger partial charge in [0.15, 0.2) is 0 Å². The van der Waals surface area contributed by atoms with Gasteiger partial charge in [0.1, 0.15) is 0 Å². The van der Waals surface area contributed by atoms with E-state index in [1.54, 1.807) is 0 Å². The maximum Gasteiger partial charge on any atom is 0.317 e. The SMILES string of the molecule is CCCCCC(C)CC(C)(CC(C)CCCC)C1CC(=O)OC1=O. The molecule has 0 spiro atoms. The number of ether oxygens (including phenoxy) is 1. The van der Waals surface area contributed by atoms with Crippen molar-refractivity contribution < 1.29 is 14.3 Å². The largest absolute Gasteiger partial charge is 0.393 e. The van der Waals surface area contributed by atoms with Gasteiger partial charge < -0.3 is 4.74 Å². The summed E-state index contributed by atoms with van der Waals surface area (Å²) in [5.74, 6) is 0.300. The Morgan fingerprint density at radius 2 is 1.54 bits per heavy atom. The van der Waals surface area contributed by atoms with Crippen LogP contribution in [0.3, 0.4) is 0 Å². The molecule has 3 heteroatoms. The van der Waals surface area contributed by atoms with Crippen molar-refractivity contribution in [2.75, 3.05) is 0 Å². The molecule has 24 heavy (non-hydrogen) atoms. The van der Waals surface area contributed by atoms with Crippen LogP contribution in [0.15, 0.2) is 0 Å². The molecule has 1 heterocycles. The monoisotopic (exact) mass is 338 g/mol. The molecule has 3 nitrogen and oxygen atoms in total. The maximum atomic E-state index is 12.2. The van der Waals surface area contributed by atoms with Gasteiger partial charge in [0, 0.05) is 0 Å². The van der Waals surface area contributed by atoms with Crippen LogP contribution in [0.5, 0.6) is 0 Å². The Balaban J connectivity index is 2.77. The second-order valence-electron chi connectivity index (χ2n) is 8.46. The molecule has 0 N–H and O–H groups in total. The van der Waals surface area contributed by atoms with Crippen molar-refractivity contribution in [2.45, 2.75) is 98.8 Å². The molecule has 1 fully saturated rings. The number of hydrogen-bond donors (Lipinski definition) is 0. The van der Waals surface area contributed by atoms with Crippen LogP contribution in [-0.4, -0.2) is 11.9 Å². The molecule has 1 aliphatic heterocycles. The van der Waals surface area contributed by atoms with Crippen molar-refractivity contribution in [3.8, 4) is 0 Å². The number of unbranched alkanes of at least 4 members (excludes halogenated alkanes) is 3. The molecular weight excluding hydrogens is 300 g/mol. The minimum absolute atomic E-state index is 0.123. The molecule has 0 aliphatic carbocycles. The van der Waals surface area contributed by atoms with Crippen molar-refractivity contribution in [1.82, 2.24) is 0 Å². The molecule has 4 atom stereocenters. The summed E-state index contributed by atoms with van der Waals surface area (Å²) >= 11 is 0. The molecule has 140 valence electrons. The van der Waals surface area contributed by atoms with E-state index in [0.717, 1.165) is 12.8 Å². The molecule has 0 aromatic rings. The van der Waals surface area contributed by atoms with Gasteiger partial charge in [0.05, 0.1) is 12.3 Å². The Hall–Kier alpha value is -0.860. The summed E-state index contributed by atoms with van der Waals surface area (Å²) in [6.07, 6.45) is 10.9. The van der Waals surface area contributed by atoms with E-state index >= 15 is 0 Å². The third kappa shape index (κ3) is 6.57. The van der Waals surface area contributed by atoms with Crippen LogP contribution in [0.1, 0.15) is 98.8 Å². The number of hydrogen-bond acceptors (Lipinski definition) is 3. The highest BCUT2D eigenvalue weighted by Gasteiger charge is 2.47. The molecule has 0 aromatic heterocycles. The van der Waals surface area contributed by atoms with Gasteiger partial charge in [0.25, 0.3) is 0 Å². The lowest BCUT2D eigenvalue weighted by atomic mass is 9.65. The predicted octanol–water partition coefficient (Wildman–Crippen LogP) is 5.91. The highest BCUT2D eigenvalue weighted by Crippen LogP contribution is 2.46. The van der Waals surface area contributed by atoms with E-state index in [1.165, 1.54) is 44.9 Å². The van der Waals surface area contributed by atoms with Gasteiger partial charge in [0.2, 0.25) is 0 Å². The van der Waals surface area contributed by atoms with E-state index in [9.17, 15) is 9.59 Å². The lowest BCUT2D eigenvalue weighted by molar-refractivity contribution is -0.154. The molecule has 0 amide bonds. The summed E-state index contributed by atoms with van der Waals surface area (Å²) in [5.41, 5.74) is -0.123. The minimum Gasteiger partial charge on any atom is -0.393 e. The molecule has 1 saturated heterocycles. The number of esters is 2. The van der Waals surface area contributed by atoms with E-state index in [0.29, 0.717) is 11.8 Å². The Morgan fingerprint density at radius 3 is 2.00 bits per heavy atom. The van der Waals surface area contributed by atoms with Gasteiger partial charge >= 0.3 is 11.9 Å². The summed E-state index contributed by atoms with van der Waals surface area (Å²) in [4.78, 5) is 23.8. The fraction of sp³-hybridized carbons (Fsp3) is 0.905. The number of rotatable bonds is 12. The van der Waals surface area contributed by atoms with Crippen LogP contribution in [0, 0.1) is 23.2 Å². The fourth-order valence-electron chi connectivity index (χ4n) is 4.47. The van der Waals surface area contributed by atoms with Crippen molar-refractivity contribution in [3.05, 3.63) is 0 Å². The average molecular weight is 339 g/mol. The zero-order valence-corrected chi connectivity index (χ0v) is 16.5. The van der Waals surface area contributed by atoms with Gasteiger partial charge in [-0.3, -0.25) is 9.59 Å². The highest BCUT2D eigenvalue weighted by molar-refractivity contribution is 5.95. The molecule has 0 bridgehead atoms. The van der Waals surface area contributed by atoms with Crippen LogP contribution < -0.4 is 0 Å². The predicted molar refractivity (Wildman–Crippen MR) is 98.5 cm³/mol. The zero-order chi connectivity index (χ0) is 18.2. The van der Waals surface area contributed by atoms with Crippen molar-refractivity contribution in [2.24, 2.45) is 23.2 Å². The zero-order valence-electron chi connectivity index (χ0n) is 16.5. The summed E-state index contributed by atoms with van der Waals surface area (Å²) in [5, 5.41) is 0. The average Bonchev–Trinajstić information content (AvgIpc) is 2.84. The molecule has 0 saturated carbocycles. The van der Waals surface area contributed by atoms with E-state index in [1.807, 2.05) is 0 Å². The van der Waals surface area contributed by atoms with Crippen molar-refractivity contribution in [3.63, 3.8) is 0 Å². The summed E-state index contributed by atoms with van der Waals surface area (Å²) in [7, 11) is 0. The summed E-state index contributed by atoms with van der Waals surface area (Å²) < 4.78 is 4.88. The van der Waals surface area contributed by atoms with Crippen LogP contribution in [0.2, 0.25) is 0 Å². The second-order valence-corrected chi connectivity index (χ2v) is 8.46. The van der Waals surface area contributed by atoms with Crippen molar-refractivity contribution >= 4 is 11.9 Å². The standard InChI is InChI=1S/C21H38O3/c1-6-8-10-12-17(4)15-21(5,14-16(3)11-9-7-2)18-13-19(22)24-20(18)23/h16-18H,6-15H2,1-5H3. The molecule has 1 rings (SSSR count). The first kappa shape index (κ1) is 21.2. The lowest BCUT2D eigenvalue weighted by Crippen LogP contribution is -2.34. The summed E-state index contributed by atoms with van der Waals surface area (Å²) in [6, 6.07) is 0. The van der Waals surface area contributed by atoms with Gasteiger partial charge in [-0.1, -0.05) is 79.6 Å². The third-order valence-electron chi connectivity index (χ3n) is 5.69. The first-order chi connectivity index (χ1) is 11.3. The molecule has 0 aromatic carbocycles. The van der Waals surface area contributed by atoms with Gasteiger partial charge in [-0.15, -0.1) is 0 Å². The van der Waals surface area contributed by atoms with Gasteiger partial charge in [-0.25, -0.2) is 0 Å². The Kier molecular flexibility index (Phi) is 9.01. The molecular formula is C21H38O3. The number of cyclic esters (lactones) is 2. The van der Waals surface area contributed by atoms with E-state index in [4.69, 9.17) is 4.74 Å². The third-order valence-corrected chi connectivity index (χ3v) is 5.69. The molecule has 0 radical (unpaired) electrons. The number of carbonyl (C=O) groups excluding carboxylic acids is 2. The summed E-state index contributed by atoms with van der Waals surface area (Å²) in [6.45, 7) is 11.2. The Bertz CT molecular complexity index is 404. The Labute approximate surface area is 148 Å². The van der Waals surface area contributed by atoms with Crippen molar-refractivity contribution in [1.29, 1.82) is 0 Å². The normalized spacial score (nSPS) is 23.0.